The van der Waals surface area contributed by atoms with Crippen LogP contribution in [-0.4, -0.2) is 83.7 Å². The van der Waals surface area contributed by atoms with Crippen LogP contribution in [0.2, 0.25) is 0 Å². The number of aliphatic hydroxyl groups excluding tert-OH is 1. The number of hydrogen-bond donors (Lipinski definition) is 8. The number of carbonyl (C=O) groups is 5. The minimum Gasteiger partial charge on any atom is -0.480 e. The summed E-state index contributed by atoms with van der Waals surface area (Å²) in [5.74, 6) is -4.05. The predicted octanol–water partition coefficient (Wildman–Crippen LogP) is -3.34. The van der Waals surface area contributed by atoms with Crippen molar-refractivity contribution < 1.29 is 34.2 Å². The molecule has 1 saturated heterocycles. The largest absolute Gasteiger partial charge is 0.480 e. The number of aliphatic carboxylic acids is 1. The van der Waals surface area contributed by atoms with E-state index in [-0.39, 0.29) is 19.3 Å². The number of rotatable bonds is 15. The second-order valence-electron chi connectivity index (χ2n) is 7.64. The van der Waals surface area contributed by atoms with Gasteiger partial charge in [-0.3, -0.25) is 19.2 Å². The molecule has 0 radical (unpaired) electrons. The van der Waals surface area contributed by atoms with Gasteiger partial charge in [0.15, 0.2) is 0 Å². The summed E-state index contributed by atoms with van der Waals surface area (Å²) in [7, 11) is 0. The van der Waals surface area contributed by atoms with Crippen molar-refractivity contribution in [2.45, 2.75) is 69.1 Å². The third-order valence-corrected chi connectivity index (χ3v) is 5.07. The summed E-state index contributed by atoms with van der Waals surface area (Å²) in [4.78, 5) is 59.9. The maximum absolute atomic E-state index is 12.7. The zero-order valence-corrected chi connectivity index (χ0v) is 18.0. The first-order valence-electron chi connectivity index (χ1n) is 10.7. The van der Waals surface area contributed by atoms with Crippen LogP contribution in [0, 0.1) is 0 Å². The molecule has 0 bridgehead atoms. The zero-order chi connectivity index (χ0) is 24.1. The van der Waals surface area contributed by atoms with Gasteiger partial charge in [-0.15, -0.1) is 0 Å². The molecule has 182 valence electrons. The SMILES string of the molecule is NCCCCC(NC(=O)C(CO)NC(=O)C1CCCN1)C(=O)NC(CCC(N)=O)C(=O)O. The fourth-order valence-corrected chi connectivity index (χ4v) is 3.22. The minimum atomic E-state index is -1.37. The summed E-state index contributed by atoms with van der Waals surface area (Å²) in [6.45, 7) is 0.359. The fraction of sp³-hybridized carbons (Fsp3) is 0.737. The van der Waals surface area contributed by atoms with Crippen LogP contribution in [0.1, 0.15) is 44.9 Å². The van der Waals surface area contributed by atoms with Crippen LogP contribution >= 0.6 is 0 Å². The second kappa shape index (κ2) is 14.3. The maximum Gasteiger partial charge on any atom is 0.326 e. The molecular formula is C19H34N6O7. The number of amides is 4. The molecule has 1 rings (SSSR count). The molecule has 0 aromatic heterocycles. The van der Waals surface area contributed by atoms with Gasteiger partial charge >= 0.3 is 5.97 Å². The van der Waals surface area contributed by atoms with E-state index in [1.807, 2.05) is 0 Å². The van der Waals surface area contributed by atoms with E-state index < -0.39 is 60.4 Å². The van der Waals surface area contributed by atoms with Crippen LogP contribution in [-0.2, 0) is 24.0 Å². The highest BCUT2D eigenvalue weighted by atomic mass is 16.4. The van der Waals surface area contributed by atoms with Crippen molar-refractivity contribution in [1.82, 2.24) is 21.3 Å². The molecule has 0 aromatic carbocycles. The predicted molar refractivity (Wildman–Crippen MR) is 113 cm³/mol. The van der Waals surface area contributed by atoms with Crippen molar-refractivity contribution in [3.05, 3.63) is 0 Å². The number of primary amides is 1. The van der Waals surface area contributed by atoms with Crippen LogP contribution in [0.25, 0.3) is 0 Å². The Morgan fingerprint density at radius 2 is 1.62 bits per heavy atom. The van der Waals surface area contributed by atoms with Gasteiger partial charge in [0.2, 0.25) is 23.6 Å². The molecule has 0 spiro atoms. The molecule has 32 heavy (non-hydrogen) atoms. The Hall–Kier alpha value is -2.77. The molecule has 4 amide bonds. The maximum atomic E-state index is 12.7. The lowest BCUT2D eigenvalue weighted by molar-refractivity contribution is -0.142. The molecule has 10 N–H and O–H groups in total. The molecule has 1 fully saturated rings. The topological polar surface area (TPSA) is 226 Å². The van der Waals surface area contributed by atoms with Crippen LogP contribution in [0.3, 0.4) is 0 Å². The number of hydrogen-bond acceptors (Lipinski definition) is 8. The van der Waals surface area contributed by atoms with Crippen molar-refractivity contribution in [2.75, 3.05) is 19.7 Å². The van der Waals surface area contributed by atoms with E-state index in [1.54, 1.807) is 0 Å². The Bertz CT molecular complexity index is 669. The number of unbranched alkanes of at least 4 members (excludes halogenated alkanes) is 1. The molecule has 0 aliphatic carbocycles. The summed E-state index contributed by atoms with van der Waals surface area (Å²) in [5.41, 5.74) is 10.5. The molecule has 4 unspecified atom stereocenters. The van der Waals surface area contributed by atoms with Gasteiger partial charge in [0.25, 0.3) is 0 Å². The minimum absolute atomic E-state index is 0.160. The van der Waals surface area contributed by atoms with E-state index in [1.165, 1.54) is 0 Å². The van der Waals surface area contributed by atoms with Crippen LogP contribution in [0.5, 0.6) is 0 Å². The molecular weight excluding hydrogens is 424 g/mol. The van der Waals surface area contributed by atoms with Gasteiger partial charge in [-0.1, -0.05) is 0 Å². The molecule has 0 saturated carbocycles. The van der Waals surface area contributed by atoms with Gasteiger partial charge in [0.05, 0.1) is 12.6 Å². The Kier molecular flexibility index (Phi) is 12.2. The molecule has 4 atom stereocenters. The van der Waals surface area contributed by atoms with E-state index >= 15 is 0 Å². The van der Waals surface area contributed by atoms with E-state index in [9.17, 15) is 34.2 Å². The van der Waals surface area contributed by atoms with Crippen molar-refractivity contribution in [3.8, 4) is 0 Å². The monoisotopic (exact) mass is 458 g/mol. The van der Waals surface area contributed by atoms with Crippen LogP contribution in [0.15, 0.2) is 0 Å². The summed E-state index contributed by atoms with van der Waals surface area (Å²) in [5, 5.41) is 29.0. The third-order valence-electron chi connectivity index (χ3n) is 5.07. The normalized spacial score (nSPS) is 18.2. The lowest BCUT2D eigenvalue weighted by Gasteiger charge is -2.24. The van der Waals surface area contributed by atoms with Crippen LogP contribution < -0.4 is 32.7 Å². The Labute approximate surface area is 186 Å². The summed E-state index contributed by atoms with van der Waals surface area (Å²) >= 11 is 0. The molecule has 1 aliphatic heterocycles. The van der Waals surface area contributed by atoms with Crippen molar-refractivity contribution >= 4 is 29.6 Å². The van der Waals surface area contributed by atoms with Crippen LogP contribution in [0.4, 0.5) is 0 Å². The number of nitrogens with one attached hydrogen (secondary N) is 4. The summed E-state index contributed by atoms with van der Waals surface area (Å²) in [6.07, 6.45) is 2.18. The van der Waals surface area contributed by atoms with Gasteiger partial charge in [-0.25, -0.2) is 4.79 Å². The van der Waals surface area contributed by atoms with E-state index in [0.717, 1.165) is 6.42 Å². The Morgan fingerprint density at radius 3 is 2.16 bits per heavy atom. The van der Waals surface area contributed by atoms with Gasteiger partial charge in [0.1, 0.15) is 18.1 Å². The van der Waals surface area contributed by atoms with Gasteiger partial charge in [-0.05, 0) is 51.6 Å². The highest BCUT2D eigenvalue weighted by molar-refractivity contribution is 5.94. The molecule has 13 nitrogen and oxygen atoms in total. The van der Waals surface area contributed by atoms with Gasteiger partial charge in [-0.2, -0.15) is 0 Å². The average molecular weight is 459 g/mol. The number of carboxylic acid groups (broad SMARTS) is 1. The lowest BCUT2D eigenvalue weighted by atomic mass is 10.1. The molecule has 0 aromatic rings. The van der Waals surface area contributed by atoms with Crippen molar-refractivity contribution in [1.29, 1.82) is 0 Å². The number of carbonyl (C=O) groups excluding carboxylic acids is 4. The number of carboxylic acids is 1. The summed E-state index contributed by atoms with van der Waals surface area (Å²) in [6, 6.07) is -4.23. The fourth-order valence-electron chi connectivity index (χ4n) is 3.22. The smallest absolute Gasteiger partial charge is 0.326 e. The Balaban J connectivity index is 2.80. The van der Waals surface area contributed by atoms with Gasteiger partial charge in [0, 0.05) is 6.42 Å². The van der Waals surface area contributed by atoms with Crippen molar-refractivity contribution in [3.63, 3.8) is 0 Å². The first-order valence-corrected chi connectivity index (χ1v) is 10.7. The third kappa shape index (κ3) is 9.58. The van der Waals surface area contributed by atoms with Crippen molar-refractivity contribution in [2.24, 2.45) is 11.5 Å². The number of aliphatic hydroxyl groups is 1. The van der Waals surface area contributed by atoms with Gasteiger partial charge < -0.3 is 42.9 Å². The molecule has 13 heteroatoms. The van der Waals surface area contributed by atoms with E-state index in [0.29, 0.717) is 32.4 Å². The first kappa shape index (κ1) is 27.3. The average Bonchev–Trinajstić information content (AvgIpc) is 3.28. The first-order chi connectivity index (χ1) is 15.2. The lowest BCUT2D eigenvalue weighted by Crippen LogP contribution is -2.58. The Morgan fingerprint density at radius 1 is 0.969 bits per heavy atom. The quantitative estimate of drug-likeness (QED) is 0.115. The van der Waals surface area contributed by atoms with E-state index in [2.05, 4.69) is 21.3 Å². The molecule has 1 heterocycles. The zero-order valence-electron chi connectivity index (χ0n) is 18.0. The number of nitrogens with two attached hydrogens (primary N) is 2. The summed E-state index contributed by atoms with van der Waals surface area (Å²) < 4.78 is 0. The van der Waals surface area contributed by atoms with E-state index in [4.69, 9.17) is 11.5 Å². The highest BCUT2D eigenvalue weighted by Crippen LogP contribution is 2.07. The molecule has 1 aliphatic rings. The second-order valence-corrected chi connectivity index (χ2v) is 7.64. The standard InChI is InChI=1S/C19H34N6O7/c20-8-2-1-4-12(17(29)24-13(19(31)32)6-7-15(21)27)23-18(30)14(10-26)25-16(28)11-5-3-9-22-11/h11-14,22,26H,1-10,20H2,(H2,21,27)(H,23,30)(H,24,29)(H,25,28)(H,31,32). The highest BCUT2D eigenvalue weighted by Gasteiger charge is 2.31.